The van der Waals surface area contributed by atoms with Crippen LogP contribution in [0, 0.1) is 0 Å². The Balaban J connectivity index is 2.01. The molecule has 2 heterocycles. The molecule has 2 aliphatic rings. The molecule has 166 valence electrons. The number of amides is 2. The van der Waals surface area contributed by atoms with Gasteiger partial charge in [-0.1, -0.05) is 12.1 Å². The first-order valence-corrected chi connectivity index (χ1v) is 9.36. The van der Waals surface area contributed by atoms with Crippen molar-refractivity contribution in [2.45, 2.75) is 51.5 Å². The molecule has 1 saturated heterocycles. The number of imide groups is 1. The molecule has 0 radical (unpaired) electrons. The number of carbonyl (C=O) groups is 5. The van der Waals surface area contributed by atoms with E-state index in [9.17, 15) is 24.0 Å². The van der Waals surface area contributed by atoms with Gasteiger partial charge in [-0.15, -0.1) is 0 Å². The number of nitrogens with zero attached hydrogens (tertiary/aromatic N) is 1. The highest BCUT2D eigenvalue weighted by Crippen LogP contribution is 2.35. The van der Waals surface area contributed by atoms with E-state index in [1.165, 1.54) is 24.3 Å². The molecule has 0 bridgehead atoms. The molecular weight excluding hydrogens is 417 g/mol. The third-order valence-corrected chi connectivity index (χ3v) is 4.78. The molecule has 31 heavy (non-hydrogen) atoms. The molecule has 0 N–H and O–H groups in total. The third kappa shape index (κ3) is 4.41. The van der Waals surface area contributed by atoms with Gasteiger partial charge in [-0.2, -0.15) is 0 Å². The van der Waals surface area contributed by atoms with Crippen molar-refractivity contribution < 1.29 is 47.3 Å². The van der Waals surface area contributed by atoms with Crippen molar-refractivity contribution in [2.24, 2.45) is 0 Å². The van der Waals surface area contributed by atoms with Crippen molar-refractivity contribution in [2.75, 3.05) is 6.61 Å². The van der Waals surface area contributed by atoms with E-state index >= 15 is 4.39 Å². The Labute approximate surface area is 176 Å². The molecule has 1 aromatic rings. The number of hydrogen-bond donors (Lipinski definition) is 0. The lowest BCUT2D eigenvalue weighted by Crippen LogP contribution is -2.66. The summed E-state index contributed by atoms with van der Waals surface area (Å²) in [4.78, 5) is 61.0. The molecule has 1 fully saturated rings. The van der Waals surface area contributed by atoms with Crippen molar-refractivity contribution in [3.05, 3.63) is 35.4 Å². The first-order chi connectivity index (χ1) is 14.6. The maximum atomic E-state index is 15.2. The molecule has 0 aliphatic carbocycles. The smallest absolute Gasteiger partial charge is 0.303 e. The average molecular weight is 437 g/mol. The van der Waals surface area contributed by atoms with Gasteiger partial charge in [0.2, 0.25) is 6.36 Å². The monoisotopic (exact) mass is 437 g/mol. The third-order valence-electron chi connectivity index (χ3n) is 4.78. The summed E-state index contributed by atoms with van der Waals surface area (Å²) in [6.45, 7) is 2.70. The maximum Gasteiger partial charge on any atom is 0.303 e. The van der Waals surface area contributed by atoms with E-state index in [1.807, 2.05) is 0 Å². The molecule has 5 atom stereocenters. The molecule has 0 saturated carbocycles. The predicted molar refractivity (Wildman–Crippen MR) is 98.2 cm³/mol. The number of halogens is 1. The number of ether oxygens (including phenoxy) is 4. The largest absolute Gasteiger partial charge is 0.463 e. The first-order valence-electron chi connectivity index (χ1n) is 9.36. The summed E-state index contributed by atoms with van der Waals surface area (Å²) < 4.78 is 35.7. The number of benzene rings is 1. The van der Waals surface area contributed by atoms with Crippen LogP contribution in [0.5, 0.6) is 0 Å². The van der Waals surface area contributed by atoms with Crippen LogP contribution >= 0.6 is 0 Å². The molecule has 2 amide bonds. The maximum absolute atomic E-state index is 15.2. The van der Waals surface area contributed by atoms with Crippen LogP contribution in [0.2, 0.25) is 0 Å². The Morgan fingerprint density at radius 3 is 1.94 bits per heavy atom. The Morgan fingerprint density at radius 1 is 0.935 bits per heavy atom. The van der Waals surface area contributed by atoms with Gasteiger partial charge in [0.15, 0.2) is 12.2 Å². The summed E-state index contributed by atoms with van der Waals surface area (Å²) in [6, 6.07) is 4.14. The molecule has 2 aliphatic heterocycles. The molecular formula is C20H20FNO9. The normalized spacial score (nSPS) is 27.5. The van der Waals surface area contributed by atoms with Crippen LogP contribution in [0.15, 0.2) is 24.3 Å². The van der Waals surface area contributed by atoms with Gasteiger partial charge in [0, 0.05) is 20.8 Å². The molecule has 0 aromatic heterocycles. The van der Waals surface area contributed by atoms with E-state index in [4.69, 9.17) is 18.9 Å². The quantitative estimate of drug-likeness (QED) is 0.373. The first kappa shape index (κ1) is 22.3. The van der Waals surface area contributed by atoms with Crippen LogP contribution in [0.4, 0.5) is 4.39 Å². The lowest BCUT2D eigenvalue weighted by molar-refractivity contribution is -0.253. The summed E-state index contributed by atoms with van der Waals surface area (Å²) >= 11 is 0. The van der Waals surface area contributed by atoms with Crippen LogP contribution in [0.25, 0.3) is 0 Å². The summed E-state index contributed by atoms with van der Waals surface area (Å²) in [5, 5.41) is 0. The lowest BCUT2D eigenvalue weighted by atomic mass is 9.95. The standard InChI is InChI=1S/C20H20FNO9/c1-9(23)28-8-14-16(29-10(2)24)17(30-11(3)25)15(18(21)31-14)22-19(26)12-6-4-5-7-13(12)20(22)27/h4-7,14-18H,8H2,1-3H3/t14-,15+,16-,17+,18-/m0/s1. The Hall–Kier alpha value is -3.34. The van der Waals surface area contributed by atoms with Gasteiger partial charge in [-0.25, -0.2) is 4.39 Å². The minimum Gasteiger partial charge on any atom is -0.463 e. The fourth-order valence-corrected chi connectivity index (χ4v) is 3.62. The minimum absolute atomic E-state index is 0.0485. The molecule has 10 nitrogen and oxygen atoms in total. The number of rotatable bonds is 5. The van der Waals surface area contributed by atoms with E-state index < -0.39 is 67.0 Å². The highest BCUT2D eigenvalue weighted by atomic mass is 19.1. The summed E-state index contributed by atoms with van der Waals surface area (Å²) in [6.07, 6.45) is -6.73. The van der Waals surface area contributed by atoms with Gasteiger partial charge in [-0.05, 0) is 12.1 Å². The fourth-order valence-electron chi connectivity index (χ4n) is 3.62. The van der Waals surface area contributed by atoms with Gasteiger partial charge in [0.25, 0.3) is 11.8 Å². The second kappa shape index (κ2) is 8.80. The highest BCUT2D eigenvalue weighted by Gasteiger charge is 2.57. The van der Waals surface area contributed by atoms with Crippen LogP contribution < -0.4 is 0 Å². The predicted octanol–water partition coefficient (Wildman–Crippen LogP) is 0.772. The van der Waals surface area contributed by atoms with Crippen LogP contribution in [-0.4, -0.2) is 71.9 Å². The van der Waals surface area contributed by atoms with Gasteiger partial charge in [-0.3, -0.25) is 28.9 Å². The topological polar surface area (TPSA) is 126 Å². The van der Waals surface area contributed by atoms with Gasteiger partial charge >= 0.3 is 17.9 Å². The lowest BCUT2D eigenvalue weighted by Gasteiger charge is -2.44. The van der Waals surface area contributed by atoms with Crippen LogP contribution in [0.1, 0.15) is 41.5 Å². The SMILES string of the molecule is CC(=O)OC[C@@H]1O[C@H](F)[C@H](N2C(=O)c3ccccc3C2=O)[C@@H](OC(C)=O)[C@H]1OC(C)=O. The van der Waals surface area contributed by atoms with Gasteiger partial charge < -0.3 is 18.9 Å². The van der Waals surface area contributed by atoms with Crippen molar-refractivity contribution in [3.8, 4) is 0 Å². The second-order valence-electron chi connectivity index (χ2n) is 6.99. The number of alkyl halides is 1. The Morgan fingerprint density at radius 2 is 1.45 bits per heavy atom. The fraction of sp³-hybridized carbons (Fsp3) is 0.450. The van der Waals surface area contributed by atoms with E-state index in [1.54, 1.807) is 0 Å². The minimum atomic E-state index is -2.32. The average Bonchev–Trinajstić information content (AvgIpc) is 2.93. The number of esters is 3. The zero-order valence-electron chi connectivity index (χ0n) is 16.9. The van der Waals surface area contributed by atoms with Crippen LogP contribution in [0.3, 0.4) is 0 Å². The number of fused-ring (bicyclic) bond motifs is 1. The van der Waals surface area contributed by atoms with Gasteiger partial charge in [0.05, 0.1) is 11.1 Å². The molecule has 11 heteroatoms. The molecule has 3 rings (SSSR count). The van der Waals surface area contributed by atoms with Crippen molar-refractivity contribution in [1.82, 2.24) is 4.90 Å². The van der Waals surface area contributed by atoms with E-state index in [0.717, 1.165) is 20.8 Å². The summed E-state index contributed by atoms with van der Waals surface area (Å²) in [7, 11) is 0. The van der Waals surface area contributed by atoms with Crippen LogP contribution in [-0.2, 0) is 33.3 Å². The molecule has 0 spiro atoms. The zero-order valence-corrected chi connectivity index (χ0v) is 16.9. The number of carbonyl (C=O) groups excluding carboxylic acids is 5. The van der Waals surface area contributed by atoms with Crippen molar-refractivity contribution >= 4 is 29.7 Å². The molecule has 1 aromatic carbocycles. The zero-order chi connectivity index (χ0) is 22.9. The van der Waals surface area contributed by atoms with Crippen molar-refractivity contribution in [1.29, 1.82) is 0 Å². The van der Waals surface area contributed by atoms with E-state index in [-0.39, 0.29) is 11.1 Å². The second-order valence-corrected chi connectivity index (χ2v) is 6.99. The van der Waals surface area contributed by atoms with E-state index in [2.05, 4.69) is 0 Å². The van der Waals surface area contributed by atoms with Gasteiger partial charge in [0.1, 0.15) is 18.8 Å². The highest BCUT2D eigenvalue weighted by molar-refractivity contribution is 6.21. The van der Waals surface area contributed by atoms with E-state index in [0.29, 0.717) is 4.90 Å². The Kier molecular flexibility index (Phi) is 6.34. The summed E-state index contributed by atoms with van der Waals surface area (Å²) in [5.41, 5.74) is 0.0969. The Bertz CT molecular complexity index is 898. The molecule has 0 unspecified atom stereocenters. The number of hydrogen-bond acceptors (Lipinski definition) is 9. The van der Waals surface area contributed by atoms with Crippen molar-refractivity contribution in [3.63, 3.8) is 0 Å². The summed E-state index contributed by atoms with van der Waals surface area (Å²) in [5.74, 6) is -4.02.